The van der Waals surface area contributed by atoms with Crippen LogP contribution in [0.25, 0.3) is 0 Å². The Morgan fingerprint density at radius 3 is 2.83 bits per heavy atom. The van der Waals surface area contributed by atoms with Crippen molar-refractivity contribution in [3.05, 3.63) is 48.0 Å². The third-order valence-electron chi connectivity index (χ3n) is 4.02. The highest BCUT2D eigenvalue weighted by Crippen LogP contribution is 2.39. The second-order valence-corrected chi connectivity index (χ2v) is 5.16. The fraction of sp³-hybridized carbons (Fsp3) is 0.400. The summed E-state index contributed by atoms with van der Waals surface area (Å²) < 4.78 is 0. The average Bonchev–Trinajstić information content (AvgIpc) is 2.88. The Bertz CT molecular complexity index is 497. The van der Waals surface area contributed by atoms with Crippen molar-refractivity contribution in [2.45, 2.75) is 25.0 Å². The lowest BCUT2D eigenvalue weighted by molar-refractivity contribution is -0.131. The van der Waals surface area contributed by atoms with E-state index in [1.165, 1.54) is 0 Å². The molecule has 1 N–H and O–H groups in total. The molecule has 3 atom stereocenters. The van der Waals surface area contributed by atoms with Gasteiger partial charge in [0.15, 0.2) is 0 Å². The monoisotopic (exact) mass is 243 g/mol. The number of carbonyl (C=O) groups excluding carboxylic acids is 1. The van der Waals surface area contributed by atoms with Gasteiger partial charge in [-0.15, -0.1) is 6.58 Å². The van der Waals surface area contributed by atoms with Crippen LogP contribution in [0.5, 0.6) is 0 Å². The van der Waals surface area contributed by atoms with Crippen LogP contribution in [0.15, 0.2) is 36.9 Å². The van der Waals surface area contributed by atoms with Crippen LogP contribution in [0.3, 0.4) is 0 Å². The zero-order valence-electron chi connectivity index (χ0n) is 10.2. The van der Waals surface area contributed by atoms with E-state index >= 15 is 0 Å². The molecule has 2 aliphatic rings. The van der Waals surface area contributed by atoms with Crippen molar-refractivity contribution in [2.75, 3.05) is 6.54 Å². The largest absolute Gasteiger partial charge is 0.390 e. The van der Waals surface area contributed by atoms with Gasteiger partial charge in [0, 0.05) is 25.3 Å². The number of aliphatic hydroxyl groups excluding tert-OH is 1. The second kappa shape index (κ2) is 4.25. The van der Waals surface area contributed by atoms with Gasteiger partial charge in [0.2, 0.25) is 5.91 Å². The van der Waals surface area contributed by atoms with E-state index in [2.05, 4.69) is 6.58 Å². The lowest BCUT2D eigenvalue weighted by Crippen LogP contribution is -2.35. The maximum atomic E-state index is 12.1. The molecule has 1 amide bonds. The van der Waals surface area contributed by atoms with Crippen molar-refractivity contribution in [3.63, 3.8) is 0 Å². The van der Waals surface area contributed by atoms with Gasteiger partial charge in [-0.3, -0.25) is 4.79 Å². The van der Waals surface area contributed by atoms with Crippen LogP contribution in [0.4, 0.5) is 0 Å². The van der Waals surface area contributed by atoms with Crippen molar-refractivity contribution < 1.29 is 9.90 Å². The molecule has 3 unspecified atom stereocenters. The van der Waals surface area contributed by atoms with Crippen LogP contribution in [-0.4, -0.2) is 28.6 Å². The molecule has 1 aromatic carbocycles. The van der Waals surface area contributed by atoms with Gasteiger partial charge in [-0.25, -0.2) is 0 Å². The van der Waals surface area contributed by atoms with Gasteiger partial charge in [-0.2, -0.15) is 0 Å². The lowest BCUT2D eigenvalue weighted by Gasteiger charge is -2.28. The fourth-order valence-corrected chi connectivity index (χ4v) is 3.12. The van der Waals surface area contributed by atoms with Gasteiger partial charge in [0.25, 0.3) is 0 Å². The Balaban J connectivity index is 1.93. The van der Waals surface area contributed by atoms with Gasteiger partial charge < -0.3 is 10.0 Å². The number of hydrogen-bond acceptors (Lipinski definition) is 2. The summed E-state index contributed by atoms with van der Waals surface area (Å²) >= 11 is 0. The topological polar surface area (TPSA) is 40.5 Å². The number of hydrogen-bond donors (Lipinski definition) is 1. The number of rotatable bonds is 2. The molecule has 0 bridgehead atoms. The maximum Gasteiger partial charge on any atom is 0.223 e. The summed E-state index contributed by atoms with van der Waals surface area (Å²) in [5, 5.41) is 10.2. The minimum atomic E-state index is -0.477. The van der Waals surface area contributed by atoms with Crippen LogP contribution < -0.4 is 0 Å². The smallest absolute Gasteiger partial charge is 0.223 e. The van der Waals surface area contributed by atoms with Gasteiger partial charge >= 0.3 is 0 Å². The quantitative estimate of drug-likeness (QED) is 0.803. The molecule has 0 radical (unpaired) electrons. The van der Waals surface area contributed by atoms with Crippen LogP contribution >= 0.6 is 0 Å². The Hall–Kier alpha value is -1.61. The van der Waals surface area contributed by atoms with Gasteiger partial charge in [-0.1, -0.05) is 30.3 Å². The second-order valence-electron chi connectivity index (χ2n) is 5.16. The first-order valence-electron chi connectivity index (χ1n) is 6.38. The van der Waals surface area contributed by atoms with Crippen LogP contribution in [0.1, 0.15) is 23.6 Å². The molecule has 1 saturated heterocycles. The summed E-state index contributed by atoms with van der Waals surface area (Å²) in [5.41, 5.74) is 2.26. The summed E-state index contributed by atoms with van der Waals surface area (Å²) in [7, 11) is 0. The lowest BCUT2D eigenvalue weighted by atomic mass is 10.1. The molecule has 3 rings (SSSR count). The molecule has 1 fully saturated rings. The fourth-order valence-electron chi connectivity index (χ4n) is 3.12. The first kappa shape index (κ1) is 11.5. The third-order valence-corrected chi connectivity index (χ3v) is 4.02. The molecule has 3 nitrogen and oxygen atoms in total. The van der Waals surface area contributed by atoms with Crippen molar-refractivity contribution in [1.82, 2.24) is 4.90 Å². The van der Waals surface area contributed by atoms with E-state index in [9.17, 15) is 9.90 Å². The predicted octanol–water partition coefficient (Wildman–Crippen LogP) is 1.68. The molecule has 1 aromatic rings. The molecule has 0 aromatic heterocycles. The van der Waals surface area contributed by atoms with Crippen LogP contribution in [-0.2, 0) is 11.2 Å². The number of amides is 1. The van der Waals surface area contributed by atoms with E-state index in [4.69, 9.17) is 0 Å². The van der Waals surface area contributed by atoms with E-state index < -0.39 is 6.10 Å². The van der Waals surface area contributed by atoms with Gasteiger partial charge in [-0.05, 0) is 11.1 Å². The van der Waals surface area contributed by atoms with Crippen molar-refractivity contribution in [3.8, 4) is 0 Å². The number of fused-ring (bicyclic) bond motifs is 1. The summed E-state index contributed by atoms with van der Waals surface area (Å²) in [5.74, 6) is 0.345. The number of aliphatic hydroxyl groups is 1. The predicted molar refractivity (Wildman–Crippen MR) is 68.9 cm³/mol. The number of benzene rings is 1. The summed E-state index contributed by atoms with van der Waals surface area (Å²) in [6.45, 7) is 4.44. The standard InChI is InChI=1S/C15H17NO2/c1-2-10-7-14(18)16(9-10)15-12-6-4-3-5-11(12)8-13(15)17/h2-6,10,13,15,17H,1,7-9H2. The van der Waals surface area contributed by atoms with E-state index in [1.807, 2.05) is 35.2 Å². The Morgan fingerprint density at radius 1 is 1.33 bits per heavy atom. The summed E-state index contributed by atoms with van der Waals surface area (Å²) in [6.07, 6.45) is 2.53. The van der Waals surface area contributed by atoms with Gasteiger partial charge in [0.05, 0.1) is 12.1 Å². The third kappa shape index (κ3) is 1.66. The molecule has 0 saturated carbocycles. The van der Waals surface area contributed by atoms with E-state index in [1.54, 1.807) is 0 Å². The highest BCUT2D eigenvalue weighted by Gasteiger charge is 2.41. The number of nitrogens with zero attached hydrogens (tertiary/aromatic N) is 1. The average molecular weight is 243 g/mol. The normalized spacial score (nSPS) is 30.6. The zero-order chi connectivity index (χ0) is 12.7. The molecule has 0 spiro atoms. The number of carbonyl (C=O) groups is 1. The minimum Gasteiger partial charge on any atom is -0.390 e. The number of likely N-dealkylation sites (tertiary alicyclic amines) is 1. The molecule has 1 heterocycles. The van der Waals surface area contributed by atoms with Crippen molar-refractivity contribution >= 4 is 5.91 Å². The van der Waals surface area contributed by atoms with E-state index in [0.717, 1.165) is 11.1 Å². The molecular formula is C15H17NO2. The Morgan fingerprint density at radius 2 is 2.11 bits per heavy atom. The van der Waals surface area contributed by atoms with Crippen LogP contribution in [0.2, 0.25) is 0 Å². The molecular weight excluding hydrogens is 226 g/mol. The van der Waals surface area contributed by atoms with Crippen molar-refractivity contribution in [1.29, 1.82) is 0 Å². The highest BCUT2D eigenvalue weighted by atomic mass is 16.3. The maximum absolute atomic E-state index is 12.1. The summed E-state index contributed by atoms with van der Waals surface area (Å²) in [4.78, 5) is 13.9. The minimum absolute atomic E-state index is 0.126. The molecule has 94 valence electrons. The first-order chi connectivity index (χ1) is 8.70. The van der Waals surface area contributed by atoms with E-state index in [-0.39, 0.29) is 17.9 Å². The molecule has 3 heteroatoms. The van der Waals surface area contributed by atoms with Crippen molar-refractivity contribution in [2.24, 2.45) is 5.92 Å². The summed E-state index contributed by atoms with van der Waals surface area (Å²) in [6, 6.07) is 7.83. The molecule has 18 heavy (non-hydrogen) atoms. The first-order valence-corrected chi connectivity index (χ1v) is 6.38. The molecule has 1 aliphatic heterocycles. The SMILES string of the molecule is C=CC1CC(=O)N(C2c3ccccc3CC2O)C1. The zero-order valence-corrected chi connectivity index (χ0v) is 10.2. The highest BCUT2D eigenvalue weighted by molar-refractivity contribution is 5.79. The molecule has 1 aliphatic carbocycles. The van der Waals surface area contributed by atoms with Gasteiger partial charge in [0.1, 0.15) is 0 Å². The van der Waals surface area contributed by atoms with Crippen LogP contribution in [0, 0.1) is 5.92 Å². The Kier molecular flexibility index (Phi) is 2.71. The Labute approximate surface area is 107 Å². The van der Waals surface area contributed by atoms with E-state index in [0.29, 0.717) is 19.4 Å².